The Morgan fingerprint density at radius 3 is 2.26 bits per heavy atom. The molecule has 0 aliphatic carbocycles. The summed E-state index contributed by atoms with van der Waals surface area (Å²) >= 11 is 3.32. The van der Waals surface area contributed by atoms with E-state index in [4.69, 9.17) is 4.74 Å². The first-order valence-corrected chi connectivity index (χ1v) is 12.9. The van der Waals surface area contributed by atoms with Crippen LogP contribution >= 0.6 is 15.9 Å². The van der Waals surface area contributed by atoms with Crippen LogP contribution in [0.25, 0.3) is 0 Å². The lowest BCUT2D eigenvalue weighted by Gasteiger charge is -2.13. The van der Waals surface area contributed by atoms with Crippen LogP contribution in [0.2, 0.25) is 0 Å². The molecule has 0 spiro atoms. The minimum Gasteiger partial charge on any atom is -0.492 e. The highest BCUT2D eigenvalue weighted by atomic mass is 79.9. The first-order chi connectivity index (χ1) is 16.8. The van der Waals surface area contributed by atoms with E-state index in [9.17, 15) is 8.42 Å². The summed E-state index contributed by atoms with van der Waals surface area (Å²) in [6, 6.07) is 17.3. The van der Waals surface area contributed by atoms with E-state index in [2.05, 4.69) is 46.2 Å². The van der Waals surface area contributed by atoms with Crippen molar-refractivity contribution >= 4 is 54.8 Å². The quantitative estimate of drug-likeness (QED) is 0.243. The number of sulfonamides is 1. The van der Waals surface area contributed by atoms with E-state index in [1.165, 1.54) is 12.4 Å². The Labute approximate surface area is 212 Å². The Morgan fingerprint density at radius 2 is 1.54 bits per heavy atom. The van der Waals surface area contributed by atoms with E-state index < -0.39 is 10.0 Å². The van der Waals surface area contributed by atoms with Gasteiger partial charge in [-0.15, -0.1) is 0 Å². The summed E-state index contributed by atoms with van der Waals surface area (Å²) in [6.07, 6.45) is 3.17. The molecule has 0 bridgehead atoms. The Bertz CT molecular complexity index is 1430. The van der Waals surface area contributed by atoms with Crippen molar-refractivity contribution in [3.63, 3.8) is 0 Å². The van der Waals surface area contributed by atoms with Crippen LogP contribution in [-0.4, -0.2) is 30.0 Å². The summed E-state index contributed by atoms with van der Waals surface area (Å²) < 4.78 is 34.7. The van der Waals surface area contributed by atoms with Gasteiger partial charge in [0, 0.05) is 28.1 Å². The second-order valence-electron chi connectivity index (χ2n) is 7.46. The van der Waals surface area contributed by atoms with Crippen LogP contribution in [0.15, 0.2) is 82.6 Å². The van der Waals surface area contributed by atoms with Gasteiger partial charge >= 0.3 is 0 Å². The van der Waals surface area contributed by atoms with Crippen molar-refractivity contribution < 1.29 is 13.2 Å². The SMILES string of the molecule is CCOc1ccc(Br)cc1S(=O)(=O)Nc1ccc(Nc2cc(Nc3cc(C)ccn3)ncn2)cc1. The zero-order valence-corrected chi connectivity index (χ0v) is 21.4. The van der Waals surface area contributed by atoms with Crippen LogP contribution < -0.4 is 20.1 Å². The monoisotopic (exact) mass is 554 g/mol. The number of hydrogen-bond acceptors (Lipinski definition) is 8. The molecule has 2 heterocycles. The molecular formula is C24H23BrN6O3S. The summed E-state index contributed by atoms with van der Waals surface area (Å²) in [6.45, 7) is 4.14. The molecule has 0 saturated heterocycles. The minimum atomic E-state index is -3.86. The fourth-order valence-corrected chi connectivity index (χ4v) is 4.92. The van der Waals surface area contributed by atoms with Gasteiger partial charge in [-0.1, -0.05) is 15.9 Å². The average molecular weight is 555 g/mol. The molecule has 0 aliphatic rings. The van der Waals surface area contributed by atoms with Crippen molar-refractivity contribution in [2.45, 2.75) is 18.7 Å². The van der Waals surface area contributed by atoms with Crippen molar-refractivity contribution in [3.05, 3.63) is 83.2 Å². The normalized spacial score (nSPS) is 11.1. The molecule has 0 saturated carbocycles. The lowest BCUT2D eigenvalue weighted by Crippen LogP contribution is -2.14. The third kappa shape index (κ3) is 6.46. The molecular weight excluding hydrogens is 532 g/mol. The maximum Gasteiger partial charge on any atom is 0.265 e. The molecule has 0 radical (unpaired) electrons. The number of ether oxygens (including phenoxy) is 1. The summed E-state index contributed by atoms with van der Waals surface area (Å²) in [7, 11) is -3.86. The number of benzene rings is 2. The molecule has 2 aromatic heterocycles. The molecule has 4 aromatic rings. The first kappa shape index (κ1) is 24.4. The van der Waals surface area contributed by atoms with Gasteiger partial charge in [-0.2, -0.15) is 0 Å². The second-order valence-corrected chi connectivity index (χ2v) is 10.0. The number of halogens is 1. The van der Waals surface area contributed by atoms with Crippen LogP contribution in [0.1, 0.15) is 12.5 Å². The molecule has 2 aromatic carbocycles. The van der Waals surface area contributed by atoms with E-state index in [0.29, 0.717) is 34.2 Å². The molecule has 3 N–H and O–H groups in total. The standard InChI is InChI=1S/C24H23BrN6O3S/c1-3-34-20-9-4-17(25)13-21(20)35(32,33)31-19-7-5-18(6-8-19)29-23-14-24(28-15-27-23)30-22-12-16(2)10-11-26-22/h4-15,31H,3H2,1-2H3,(H2,26,27,28,29,30). The van der Waals surface area contributed by atoms with Crippen LogP contribution in [-0.2, 0) is 10.0 Å². The van der Waals surface area contributed by atoms with Crippen LogP contribution in [0.3, 0.4) is 0 Å². The van der Waals surface area contributed by atoms with E-state index in [1.54, 1.807) is 55.6 Å². The summed E-state index contributed by atoms with van der Waals surface area (Å²) in [5.74, 6) is 2.13. The van der Waals surface area contributed by atoms with E-state index >= 15 is 0 Å². The van der Waals surface area contributed by atoms with Crippen molar-refractivity contribution in [2.75, 3.05) is 22.0 Å². The zero-order chi connectivity index (χ0) is 24.8. The van der Waals surface area contributed by atoms with Gasteiger partial charge in [0.1, 0.15) is 34.4 Å². The number of nitrogens with one attached hydrogen (secondary N) is 3. The highest BCUT2D eigenvalue weighted by molar-refractivity contribution is 9.10. The van der Waals surface area contributed by atoms with Gasteiger partial charge in [0.15, 0.2) is 0 Å². The Kier molecular flexibility index (Phi) is 7.47. The van der Waals surface area contributed by atoms with Gasteiger partial charge < -0.3 is 15.4 Å². The van der Waals surface area contributed by atoms with Crippen molar-refractivity contribution in [2.24, 2.45) is 0 Å². The van der Waals surface area contributed by atoms with Crippen LogP contribution in [0, 0.1) is 6.92 Å². The van der Waals surface area contributed by atoms with Gasteiger partial charge in [-0.3, -0.25) is 4.72 Å². The highest BCUT2D eigenvalue weighted by Crippen LogP contribution is 2.30. The molecule has 9 nitrogen and oxygen atoms in total. The lowest BCUT2D eigenvalue weighted by atomic mass is 10.3. The molecule has 0 amide bonds. The van der Waals surface area contributed by atoms with Crippen molar-refractivity contribution in [1.29, 1.82) is 0 Å². The molecule has 4 rings (SSSR count). The highest BCUT2D eigenvalue weighted by Gasteiger charge is 2.20. The molecule has 180 valence electrons. The number of aromatic nitrogens is 3. The maximum atomic E-state index is 13.0. The predicted octanol–water partition coefficient (Wildman–Crippen LogP) is 5.63. The summed E-state index contributed by atoms with van der Waals surface area (Å²) in [5, 5.41) is 6.33. The smallest absolute Gasteiger partial charge is 0.265 e. The number of rotatable bonds is 9. The second kappa shape index (κ2) is 10.7. The molecule has 0 atom stereocenters. The number of nitrogens with zero attached hydrogens (tertiary/aromatic N) is 3. The topological polar surface area (TPSA) is 118 Å². The number of aryl methyl sites for hydroxylation is 1. The van der Waals surface area contributed by atoms with Gasteiger partial charge in [-0.05, 0) is 74.0 Å². The maximum absolute atomic E-state index is 13.0. The Morgan fingerprint density at radius 1 is 0.857 bits per heavy atom. The minimum absolute atomic E-state index is 0.0556. The molecule has 0 fully saturated rings. The van der Waals surface area contributed by atoms with Crippen LogP contribution in [0.4, 0.5) is 28.8 Å². The van der Waals surface area contributed by atoms with Gasteiger partial charge in [0.25, 0.3) is 10.0 Å². The van der Waals surface area contributed by atoms with E-state index in [0.717, 1.165) is 11.3 Å². The fraction of sp³-hybridized carbons (Fsp3) is 0.125. The molecule has 0 aliphatic heterocycles. The third-order valence-corrected chi connectivity index (χ3v) is 6.64. The van der Waals surface area contributed by atoms with E-state index in [-0.39, 0.29) is 10.6 Å². The Hall–Kier alpha value is -3.70. The first-order valence-electron chi connectivity index (χ1n) is 10.7. The predicted molar refractivity (Wildman–Crippen MR) is 140 cm³/mol. The molecule has 11 heteroatoms. The largest absolute Gasteiger partial charge is 0.492 e. The average Bonchev–Trinajstić information content (AvgIpc) is 2.82. The van der Waals surface area contributed by atoms with Gasteiger partial charge in [0.2, 0.25) is 0 Å². The fourth-order valence-electron chi connectivity index (χ4n) is 3.18. The molecule has 0 unspecified atom stereocenters. The summed E-state index contributed by atoms with van der Waals surface area (Å²) in [5.41, 5.74) is 2.22. The number of anilines is 5. The molecule has 35 heavy (non-hydrogen) atoms. The zero-order valence-electron chi connectivity index (χ0n) is 19.0. The number of hydrogen-bond donors (Lipinski definition) is 3. The van der Waals surface area contributed by atoms with Crippen molar-refractivity contribution in [1.82, 2.24) is 15.0 Å². The van der Waals surface area contributed by atoms with Crippen LogP contribution in [0.5, 0.6) is 5.75 Å². The van der Waals surface area contributed by atoms with Crippen molar-refractivity contribution in [3.8, 4) is 5.75 Å². The summed E-state index contributed by atoms with van der Waals surface area (Å²) in [4.78, 5) is 12.8. The third-order valence-electron chi connectivity index (χ3n) is 4.74. The van der Waals surface area contributed by atoms with Gasteiger partial charge in [0.05, 0.1) is 6.61 Å². The Balaban J connectivity index is 1.46. The lowest BCUT2D eigenvalue weighted by molar-refractivity contribution is 0.331. The van der Waals surface area contributed by atoms with Gasteiger partial charge in [-0.25, -0.2) is 23.4 Å². The van der Waals surface area contributed by atoms with E-state index in [1.807, 2.05) is 19.1 Å². The number of pyridine rings is 1.